The van der Waals surface area contributed by atoms with Crippen molar-refractivity contribution in [1.29, 1.82) is 0 Å². The van der Waals surface area contributed by atoms with Crippen molar-refractivity contribution in [3.05, 3.63) is 34.6 Å². The first-order valence-corrected chi connectivity index (χ1v) is 5.74. The Labute approximate surface area is 106 Å². The Morgan fingerprint density at radius 1 is 1.29 bits per heavy atom. The van der Waals surface area contributed by atoms with Crippen molar-refractivity contribution in [2.45, 2.75) is 33.2 Å². The van der Waals surface area contributed by atoms with Gasteiger partial charge in [-0.25, -0.2) is 4.39 Å². The Bertz CT molecular complexity index is 449. The molecule has 0 radical (unpaired) electrons. The van der Waals surface area contributed by atoms with Gasteiger partial charge in [0.25, 0.3) is 0 Å². The molecule has 4 heteroatoms. The summed E-state index contributed by atoms with van der Waals surface area (Å²) in [6.07, 6.45) is 0. The van der Waals surface area contributed by atoms with Crippen molar-refractivity contribution in [2.75, 3.05) is 0 Å². The molecular formula is C13H17ClFNO. The van der Waals surface area contributed by atoms with Crippen molar-refractivity contribution < 1.29 is 9.18 Å². The van der Waals surface area contributed by atoms with Gasteiger partial charge in [0.2, 0.25) is 0 Å². The maximum absolute atomic E-state index is 13.7. The van der Waals surface area contributed by atoms with Crippen LogP contribution in [0.1, 0.15) is 38.1 Å². The molecule has 0 unspecified atom stereocenters. The molecule has 2 nitrogen and oxygen atoms in total. The van der Waals surface area contributed by atoms with Crippen LogP contribution in [0.2, 0.25) is 5.02 Å². The number of Topliss-reactive ketones (excluding diaryl/α,β-unsaturated/α-hetero) is 1. The van der Waals surface area contributed by atoms with Crippen LogP contribution >= 0.6 is 11.6 Å². The van der Waals surface area contributed by atoms with Gasteiger partial charge in [0.15, 0.2) is 5.78 Å². The Hall–Kier alpha value is -0.930. The van der Waals surface area contributed by atoms with Crippen molar-refractivity contribution in [1.82, 2.24) is 0 Å². The molecule has 1 aromatic carbocycles. The molecule has 0 heterocycles. The third-order valence-corrected chi connectivity index (χ3v) is 3.59. The van der Waals surface area contributed by atoms with Crippen molar-refractivity contribution in [2.24, 2.45) is 11.1 Å². The highest BCUT2D eigenvalue weighted by molar-refractivity contribution is 6.30. The van der Waals surface area contributed by atoms with Crippen LogP contribution in [0.25, 0.3) is 0 Å². The van der Waals surface area contributed by atoms with Crippen molar-refractivity contribution in [3.8, 4) is 0 Å². The zero-order valence-electron chi connectivity index (χ0n) is 10.5. The standard InChI is InChI=1S/C13H17ClFNO/c1-12(2,13(3,4)16)11(17)9-6-5-8(14)7-10(9)15/h5-7H,16H2,1-4H3. The van der Waals surface area contributed by atoms with E-state index >= 15 is 0 Å². The molecular weight excluding hydrogens is 241 g/mol. The number of benzene rings is 1. The summed E-state index contributed by atoms with van der Waals surface area (Å²) in [5.74, 6) is -0.931. The third-order valence-electron chi connectivity index (χ3n) is 3.35. The van der Waals surface area contributed by atoms with Gasteiger partial charge in [-0.3, -0.25) is 4.79 Å². The Morgan fingerprint density at radius 3 is 2.24 bits per heavy atom. The van der Waals surface area contributed by atoms with E-state index in [9.17, 15) is 9.18 Å². The first kappa shape index (κ1) is 14.1. The molecule has 2 N–H and O–H groups in total. The molecule has 0 aromatic heterocycles. The van der Waals surface area contributed by atoms with Crippen LogP contribution in [0.3, 0.4) is 0 Å². The van der Waals surface area contributed by atoms with Gasteiger partial charge in [-0.2, -0.15) is 0 Å². The van der Waals surface area contributed by atoms with E-state index in [2.05, 4.69) is 0 Å². The minimum Gasteiger partial charge on any atom is -0.325 e. The highest BCUT2D eigenvalue weighted by Crippen LogP contribution is 2.33. The quantitative estimate of drug-likeness (QED) is 0.843. The van der Waals surface area contributed by atoms with Crippen LogP contribution in [0.15, 0.2) is 18.2 Å². The van der Waals surface area contributed by atoms with E-state index in [1.54, 1.807) is 27.7 Å². The van der Waals surface area contributed by atoms with E-state index in [1.165, 1.54) is 12.1 Å². The van der Waals surface area contributed by atoms with Crippen LogP contribution in [0.4, 0.5) is 4.39 Å². The minimum atomic E-state index is -0.859. The topological polar surface area (TPSA) is 43.1 Å². The number of carbonyl (C=O) groups is 1. The van der Waals surface area contributed by atoms with Gasteiger partial charge < -0.3 is 5.73 Å². The fraction of sp³-hybridized carbons (Fsp3) is 0.462. The summed E-state index contributed by atoms with van der Waals surface area (Å²) in [6, 6.07) is 4.03. The second-order valence-corrected chi connectivity index (χ2v) is 5.74. The third kappa shape index (κ3) is 2.67. The van der Waals surface area contributed by atoms with Crippen molar-refractivity contribution in [3.63, 3.8) is 0 Å². The lowest BCUT2D eigenvalue weighted by Crippen LogP contribution is -2.52. The van der Waals surface area contributed by atoms with E-state index in [1.807, 2.05) is 0 Å². The summed E-state index contributed by atoms with van der Waals surface area (Å²) < 4.78 is 13.7. The summed E-state index contributed by atoms with van der Waals surface area (Å²) in [5.41, 5.74) is 4.39. The normalized spacial score (nSPS) is 12.6. The van der Waals surface area contributed by atoms with Gasteiger partial charge in [0, 0.05) is 16.0 Å². The zero-order valence-corrected chi connectivity index (χ0v) is 11.2. The second-order valence-electron chi connectivity index (χ2n) is 5.30. The fourth-order valence-electron chi connectivity index (χ4n) is 1.30. The number of rotatable bonds is 3. The van der Waals surface area contributed by atoms with E-state index in [4.69, 9.17) is 17.3 Å². The summed E-state index contributed by atoms with van der Waals surface area (Å²) in [6.45, 7) is 6.92. The van der Waals surface area contributed by atoms with E-state index < -0.39 is 16.8 Å². The predicted octanol–water partition coefficient (Wildman–Crippen LogP) is 3.43. The fourth-order valence-corrected chi connectivity index (χ4v) is 1.46. The predicted molar refractivity (Wildman–Crippen MR) is 67.8 cm³/mol. The molecule has 0 atom stereocenters. The number of hydrogen-bond acceptors (Lipinski definition) is 2. The van der Waals surface area contributed by atoms with Gasteiger partial charge >= 0.3 is 0 Å². The first-order chi connectivity index (χ1) is 7.57. The lowest BCUT2D eigenvalue weighted by molar-refractivity contribution is 0.0730. The maximum atomic E-state index is 13.7. The second kappa shape index (κ2) is 4.39. The Morgan fingerprint density at radius 2 is 1.82 bits per heavy atom. The molecule has 0 aliphatic carbocycles. The van der Waals surface area contributed by atoms with Gasteiger partial charge in [0.05, 0.1) is 5.56 Å². The molecule has 17 heavy (non-hydrogen) atoms. The number of halogens is 2. The van der Waals surface area contributed by atoms with Gasteiger partial charge in [0.1, 0.15) is 5.82 Å². The highest BCUT2D eigenvalue weighted by atomic mass is 35.5. The molecule has 0 aliphatic rings. The minimum absolute atomic E-state index is 0.0259. The molecule has 0 aliphatic heterocycles. The smallest absolute Gasteiger partial charge is 0.173 e. The molecule has 0 spiro atoms. The molecule has 0 saturated heterocycles. The van der Waals surface area contributed by atoms with Gasteiger partial charge in [-0.05, 0) is 32.0 Å². The van der Waals surface area contributed by atoms with Crippen LogP contribution in [-0.4, -0.2) is 11.3 Å². The van der Waals surface area contributed by atoms with E-state index in [0.29, 0.717) is 0 Å². The summed E-state index contributed by atoms with van der Waals surface area (Å²) >= 11 is 5.65. The SMILES string of the molecule is CC(C)(N)C(C)(C)C(=O)c1ccc(Cl)cc1F. The first-order valence-electron chi connectivity index (χ1n) is 5.36. The van der Waals surface area contributed by atoms with Crippen molar-refractivity contribution >= 4 is 17.4 Å². The van der Waals surface area contributed by atoms with Gasteiger partial charge in [-0.15, -0.1) is 0 Å². The van der Waals surface area contributed by atoms with Crippen LogP contribution in [-0.2, 0) is 0 Å². The molecule has 1 rings (SSSR count). The Kier molecular flexibility index (Phi) is 3.65. The summed E-state index contributed by atoms with van der Waals surface area (Å²) in [7, 11) is 0. The molecule has 94 valence electrons. The molecule has 0 bridgehead atoms. The lowest BCUT2D eigenvalue weighted by Gasteiger charge is -2.37. The number of ketones is 1. The number of hydrogen-bond donors (Lipinski definition) is 1. The van der Waals surface area contributed by atoms with E-state index in [-0.39, 0.29) is 16.4 Å². The average molecular weight is 258 g/mol. The summed E-state index contributed by atoms with van der Waals surface area (Å²) in [5, 5.41) is 0.267. The average Bonchev–Trinajstić information content (AvgIpc) is 2.14. The van der Waals surface area contributed by atoms with E-state index in [0.717, 1.165) is 6.07 Å². The van der Waals surface area contributed by atoms with Crippen LogP contribution in [0.5, 0.6) is 0 Å². The Balaban J connectivity index is 3.22. The zero-order chi connectivity index (χ0) is 13.4. The monoisotopic (exact) mass is 257 g/mol. The molecule has 0 fully saturated rings. The van der Waals surface area contributed by atoms with Crippen LogP contribution < -0.4 is 5.73 Å². The number of carbonyl (C=O) groups excluding carboxylic acids is 1. The molecule has 0 saturated carbocycles. The lowest BCUT2D eigenvalue weighted by atomic mass is 9.70. The maximum Gasteiger partial charge on any atom is 0.173 e. The summed E-state index contributed by atoms with van der Waals surface area (Å²) in [4.78, 5) is 12.3. The van der Waals surface area contributed by atoms with Gasteiger partial charge in [-0.1, -0.05) is 25.4 Å². The molecule has 0 amide bonds. The largest absolute Gasteiger partial charge is 0.325 e. The van der Waals surface area contributed by atoms with Crippen LogP contribution in [0, 0.1) is 11.2 Å². The highest BCUT2D eigenvalue weighted by Gasteiger charge is 2.41. The molecule has 1 aromatic rings. The number of nitrogens with two attached hydrogens (primary N) is 1.